The summed E-state index contributed by atoms with van der Waals surface area (Å²) in [5, 5.41) is 1.64. The summed E-state index contributed by atoms with van der Waals surface area (Å²) in [6, 6.07) is 0. The number of unbranched alkanes of at least 4 members (excludes halogenated alkanes) is 2. The van der Waals surface area contributed by atoms with Gasteiger partial charge in [0, 0.05) is 12.8 Å². The number of carbonyl (C=O) groups excluding carboxylic acids is 4. The third-order valence-corrected chi connectivity index (χ3v) is 4.57. The zero-order valence-corrected chi connectivity index (χ0v) is 14.7. The van der Waals surface area contributed by atoms with Gasteiger partial charge in [-0.2, -0.15) is 10.0 Å². The van der Waals surface area contributed by atoms with Crippen LogP contribution in [0.15, 0.2) is 0 Å². The number of nitrogens with zero attached hydrogens (tertiary/aromatic N) is 2. The maximum atomic E-state index is 12.8. The summed E-state index contributed by atoms with van der Waals surface area (Å²) in [5.74, 6) is -2.01. The molecule has 6 nitrogen and oxygen atoms in total. The highest BCUT2D eigenvalue weighted by molar-refractivity contribution is 6.20. The molecule has 1 aliphatic heterocycles. The fraction of sp³-hybridized carbons (Fsp3) is 0.765. The molecule has 1 rings (SSSR count). The maximum absolute atomic E-state index is 12.8. The summed E-state index contributed by atoms with van der Waals surface area (Å²) in [6.45, 7) is 7.37. The van der Waals surface area contributed by atoms with Crippen molar-refractivity contribution in [2.24, 2.45) is 5.41 Å². The van der Waals surface area contributed by atoms with Crippen LogP contribution < -0.4 is 0 Å². The van der Waals surface area contributed by atoms with Crippen LogP contribution in [0.3, 0.4) is 0 Å². The molecule has 0 radical (unpaired) electrons. The second-order valence-electron chi connectivity index (χ2n) is 6.02. The molecular weight excluding hydrogens is 296 g/mol. The Bertz CT molecular complexity index is 443. The summed E-state index contributed by atoms with van der Waals surface area (Å²) in [4.78, 5) is 50.4. The van der Waals surface area contributed by atoms with E-state index in [4.69, 9.17) is 0 Å². The van der Waals surface area contributed by atoms with Gasteiger partial charge in [0.05, 0.1) is 0 Å². The molecule has 1 saturated heterocycles. The second-order valence-corrected chi connectivity index (χ2v) is 6.02. The molecule has 130 valence electrons. The first kappa shape index (κ1) is 19.3. The SMILES string of the molecule is CCCCC(=O)N1C(=O)C(CC)(CC)C(=O)N1C(=O)CCCC. The normalized spacial score (nSPS) is 17.0. The molecule has 6 heteroatoms. The third-order valence-electron chi connectivity index (χ3n) is 4.57. The van der Waals surface area contributed by atoms with Crippen molar-refractivity contribution in [1.29, 1.82) is 0 Å². The van der Waals surface area contributed by atoms with E-state index >= 15 is 0 Å². The minimum absolute atomic E-state index is 0.163. The average molecular weight is 324 g/mol. The Morgan fingerprint density at radius 1 is 0.783 bits per heavy atom. The number of imide groups is 2. The standard InChI is InChI=1S/C17H28N2O4/c1-5-9-11-13(20)18-15(22)17(7-3,8-4)16(23)19(18)14(21)12-10-6-2/h5-12H2,1-4H3. The summed E-state index contributed by atoms with van der Waals surface area (Å²) >= 11 is 0. The number of rotatable bonds is 8. The van der Waals surface area contributed by atoms with Crippen LogP contribution in [0.2, 0.25) is 0 Å². The monoisotopic (exact) mass is 324 g/mol. The molecule has 0 aromatic rings. The van der Waals surface area contributed by atoms with E-state index in [9.17, 15) is 19.2 Å². The minimum Gasteiger partial charge on any atom is -0.273 e. The van der Waals surface area contributed by atoms with E-state index in [2.05, 4.69) is 0 Å². The predicted molar refractivity (Wildman–Crippen MR) is 85.8 cm³/mol. The van der Waals surface area contributed by atoms with Crippen molar-refractivity contribution in [3.8, 4) is 0 Å². The predicted octanol–water partition coefficient (Wildman–Crippen LogP) is 2.81. The highest BCUT2D eigenvalue weighted by Crippen LogP contribution is 2.39. The zero-order valence-electron chi connectivity index (χ0n) is 14.7. The Balaban J connectivity index is 3.19. The number of hydrogen-bond donors (Lipinski definition) is 0. The molecule has 0 aromatic carbocycles. The largest absolute Gasteiger partial charge is 0.273 e. The molecule has 23 heavy (non-hydrogen) atoms. The third kappa shape index (κ3) is 3.46. The van der Waals surface area contributed by atoms with Gasteiger partial charge in [0.2, 0.25) is 11.8 Å². The molecule has 1 aliphatic rings. The van der Waals surface area contributed by atoms with E-state index in [0.29, 0.717) is 12.8 Å². The highest BCUT2D eigenvalue weighted by atomic mass is 16.2. The van der Waals surface area contributed by atoms with E-state index in [0.717, 1.165) is 22.9 Å². The Labute approximate surface area is 138 Å². The molecule has 0 unspecified atom stereocenters. The lowest BCUT2D eigenvalue weighted by Gasteiger charge is -2.24. The number of hydrazine groups is 1. The van der Waals surface area contributed by atoms with Crippen molar-refractivity contribution in [2.45, 2.75) is 79.1 Å². The van der Waals surface area contributed by atoms with E-state index in [-0.39, 0.29) is 25.7 Å². The molecule has 0 bridgehead atoms. The van der Waals surface area contributed by atoms with Gasteiger partial charge in [-0.1, -0.05) is 40.5 Å². The minimum atomic E-state index is -1.27. The van der Waals surface area contributed by atoms with E-state index in [1.165, 1.54) is 0 Å². The van der Waals surface area contributed by atoms with Gasteiger partial charge in [-0.25, -0.2) is 0 Å². The van der Waals surface area contributed by atoms with Crippen molar-refractivity contribution in [3.05, 3.63) is 0 Å². The van der Waals surface area contributed by atoms with Gasteiger partial charge >= 0.3 is 0 Å². The van der Waals surface area contributed by atoms with Crippen LogP contribution >= 0.6 is 0 Å². The first-order valence-corrected chi connectivity index (χ1v) is 8.65. The molecule has 0 aliphatic carbocycles. The van der Waals surface area contributed by atoms with Crippen LogP contribution in [0.1, 0.15) is 79.1 Å². The van der Waals surface area contributed by atoms with Gasteiger partial charge in [0.1, 0.15) is 5.41 Å². The fourth-order valence-corrected chi connectivity index (χ4v) is 2.85. The molecule has 0 N–H and O–H groups in total. The number of carbonyl (C=O) groups is 4. The molecule has 0 saturated carbocycles. The number of amides is 4. The molecule has 0 atom stereocenters. The fourth-order valence-electron chi connectivity index (χ4n) is 2.85. The van der Waals surface area contributed by atoms with Crippen LogP contribution in [0.4, 0.5) is 0 Å². The first-order chi connectivity index (χ1) is 10.9. The Hall–Kier alpha value is -1.72. The molecule has 0 aromatic heterocycles. The summed E-state index contributed by atoms with van der Waals surface area (Å²) in [5.41, 5.74) is -1.27. The van der Waals surface area contributed by atoms with Crippen LogP contribution in [0.25, 0.3) is 0 Å². The molecule has 1 fully saturated rings. The Morgan fingerprint density at radius 3 is 1.39 bits per heavy atom. The van der Waals surface area contributed by atoms with Crippen molar-refractivity contribution in [2.75, 3.05) is 0 Å². The van der Waals surface area contributed by atoms with Crippen molar-refractivity contribution in [1.82, 2.24) is 10.0 Å². The van der Waals surface area contributed by atoms with Crippen molar-refractivity contribution < 1.29 is 19.2 Å². The van der Waals surface area contributed by atoms with Gasteiger partial charge in [0.25, 0.3) is 11.8 Å². The zero-order chi connectivity index (χ0) is 17.6. The van der Waals surface area contributed by atoms with E-state index in [1.54, 1.807) is 13.8 Å². The lowest BCUT2D eigenvalue weighted by molar-refractivity contribution is -0.170. The molecule has 1 heterocycles. The van der Waals surface area contributed by atoms with Gasteiger partial charge < -0.3 is 0 Å². The van der Waals surface area contributed by atoms with Gasteiger partial charge in [-0.3, -0.25) is 19.2 Å². The lowest BCUT2D eigenvalue weighted by atomic mass is 9.81. The van der Waals surface area contributed by atoms with E-state index in [1.807, 2.05) is 13.8 Å². The first-order valence-electron chi connectivity index (χ1n) is 8.65. The lowest BCUT2D eigenvalue weighted by Crippen LogP contribution is -2.48. The van der Waals surface area contributed by atoms with E-state index < -0.39 is 29.0 Å². The second kappa shape index (κ2) is 8.22. The highest BCUT2D eigenvalue weighted by Gasteiger charge is 2.59. The topological polar surface area (TPSA) is 74.8 Å². The van der Waals surface area contributed by atoms with Crippen LogP contribution in [0.5, 0.6) is 0 Å². The Kier molecular flexibility index (Phi) is 6.91. The number of hydrogen-bond acceptors (Lipinski definition) is 4. The van der Waals surface area contributed by atoms with Crippen molar-refractivity contribution in [3.63, 3.8) is 0 Å². The van der Waals surface area contributed by atoms with Crippen LogP contribution in [-0.2, 0) is 19.2 Å². The van der Waals surface area contributed by atoms with Gasteiger partial charge in [-0.05, 0) is 25.7 Å². The quantitative estimate of drug-likeness (QED) is 0.643. The van der Waals surface area contributed by atoms with Crippen LogP contribution in [0, 0.1) is 5.41 Å². The Morgan fingerprint density at radius 2 is 1.13 bits per heavy atom. The average Bonchev–Trinajstić information content (AvgIpc) is 2.78. The van der Waals surface area contributed by atoms with Gasteiger partial charge in [-0.15, -0.1) is 0 Å². The summed E-state index contributed by atoms with van der Waals surface area (Å²) in [7, 11) is 0. The van der Waals surface area contributed by atoms with Crippen LogP contribution in [-0.4, -0.2) is 33.6 Å². The smallest absolute Gasteiger partial charge is 0.264 e. The van der Waals surface area contributed by atoms with Gasteiger partial charge in [0.15, 0.2) is 0 Å². The maximum Gasteiger partial charge on any atom is 0.264 e. The molecule has 0 spiro atoms. The summed E-state index contributed by atoms with van der Waals surface area (Å²) in [6.07, 6.45) is 3.76. The molecule has 4 amide bonds. The van der Waals surface area contributed by atoms with Crippen molar-refractivity contribution >= 4 is 23.6 Å². The molecular formula is C17H28N2O4. The summed E-state index contributed by atoms with van der Waals surface area (Å²) < 4.78 is 0.